The lowest BCUT2D eigenvalue weighted by Gasteiger charge is -2.08. The van der Waals surface area contributed by atoms with Crippen molar-refractivity contribution in [1.29, 1.82) is 0 Å². The van der Waals surface area contributed by atoms with Crippen LogP contribution in [0, 0.1) is 6.92 Å². The lowest BCUT2D eigenvalue weighted by atomic mass is 10.2. The fourth-order valence-electron chi connectivity index (χ4n) is 2.64. The van der Waals surface area contributed by atoms with Crippen LogP contribution in [0.4, 0.5) is 5.69 Å². The highest BCUT2D eigenvalue weighted by Gasteiger charge is 2.21. The number of rotatable bonds is 5. The first-order chi connectivity index (χ1) is 13.3. The quantitative estimate of drug-likeness (QED) is 0.582. The number of hydrogen-bond donors (Lipinski definition) is 1. The summed E-state index contributed by atoms with van der Waals surface area (Å²) in [7, 11) is 0. The summed E-state index contributed by atoms with van der Waals surface area (Å²) < 4.78 is 7.20. The van der Waals surface area contributed by atoms with Gasteiger partial charge in [0.25, 0.3) is 5.56 Å². The lowest BCUT2D eigenvalue weighted by Crippen LogP contribution is -2.28. The number of fused-ring (bicyclic) bond motifs is 1. The van der Waals surface area contributed by atoms with E-state index in [1.807, 2.05) is 12.1 Å². The van der Waals surface area contributed by atoms with E-state index in [4.69, 9.17) is 4.74 Å². The Kier molecular flexibility index (Phi) is 5.95. The number of nitrogens with zero attached hydrogens (tertiary/aromatic N) is 2. The minimum atomic E-state index is -0.479. The van der Waals surface area contributed by atoms with Crippen molar-refractivity contribution in [3.8, 4) is 0 Å². The fourth-order valence-corrected chi connectivity index (χ4v) is 4.05. The third kappa shape index (κ3) is 4.15. The number of hydrogen-bond acceptors (Lipinski definition) is 6. The van der Waals surface area contributed by atoms with Crippen LogP contribution >= 0.6 is 27.3 Å². The number of aromatic nitrogens is 2. The minimum Gasteiger partial charge on any atom is -0.459 e. The molecule has 1 amide bonds. The molecule has 0 bridgehead atoms. The molecule has 0 aliphatic heterocycles. The number of carbonyl (C=O) groups is 2. The van der Waals surface area contributed by atoms with E-state index in [1.54, 1.807) is 32.9 Å². The number of amides is 1. The number of benzene rings is 1. The SMILES string of the molecule is Cc1c(C(=O)OC(C)C)sc2ncn(CC(=O)Nc3ccccc3Br)c(=O)c12. The number of para-hydroxylation sites is 1. The second-order valence-electron chi connectivity index (χ2n) is 6.40. The Morgan fingerprint density at radius 1 is 1.32 bits per heavy atom. The molecule has 2 heterocycles. The zero-order chi connectivity index (χ0) is 20.4. The van der Waals surface area contributed by atoms with E-state index in [2.05, 4.69) is 26.2 Å². The van der Waals surface area contributed by atoms with Gasteiger partial charge >= 0.3 is 5.97 Å². The summed E-state index contributed by atoms with van der Waals surface area (Å²) >= 11 is 4.48. The summed E-state index contributed by atoms with van der Waals surface area (Å²) in [5, 5.41) is 3.08. The molecular formula is C19H18BrN3O4S. The Labute approximate surface area is 173 Å². The summed E-state index contributed by atoms with van der Waals surface area (Å²) in [4.78, 5) is 42.5. The van der Waals surface area contributed by atoms with E-state index in [9.17, 15) is 14.4 Å². The van der Waals surface area contributed by atoms with Crippen LogP contribution in [0.15, 0.2) is 39.9 Å². The summed E-state index contributed by atoms with van der Waals surface area (Å²) in [6.07, 6.45) is 1.06. The molecule has 1 aromatic carbocycles. The van der Waals surface area contributed by atoms with Gasteiger partial charge in [-0.05, 0) is 54.4 Å². The molecule has 28 heavy (non-hydrogen) atoms. The van der Waals surface area contributed by atoms with Gasteiger partial charge in [-0.3, -0.25) is 14.2 Å². The van der Waals surface area contributed by atoms with Crippen molar-refractivity contribution in [2.45, 2.75) is 33.4 Å². The summed E-state index contributed by atoms with van der Waals surface area (Å²) in [5.41, 5.74) is 0.758. The highest BCUT2D eigenvalue weighted by atomic mass is 79.9. The predicted molar refractivity (Wildman–Crippen MR) is 112 cm³/mol. The molecule has 0 unspecified atom stereocenters. The van der Waals surface area contributed by atoms with Crippen molar-refractivity contribution < 1.29 is 14.3 Å². The predicted octanol–water partition coefficient (Wildman–Crippen LogP) is 3.73. The zero-order valence-corrected chi connectivity index (χ0v) is 17.9. The fraction of sp³-hybridized carbons (Fsp3) is 0.263. The molecule has 3 rings (SSSR count). The van der Waals surface area contributed by atoms with E-state index in [0.717, 1.165) is 15.8 Å². The van der Waals surface area contributed by atoms with Crippen molar-refractivity contribution in [1.82, 2.24) is 9.55 Å². The van der Waals surface area contributed by atoms with E-state index in [1.165, 1.54) is 10.9 Å². The number of ether oxygens (including phenoxy) is 1. The average molecular weight is 464 g/mol. The second-order valence-corrected chi connectivity index (χ2v) is 8.25. The molecule has 1 N–H and O–H groups in total. The molecule has 0 saturated heterocycles. The number of aryl methyl sites for hydroxylation is 1. The number of anilines is 1. The number of nitrogens with one attached hydrogen (secondary N) is 1. The molecule has 0 spiro atoms. The minimum absolute atomic E-state index is 0.190. The molecule has 0 atom stereocenters. The smallest absolute Gasteiger partial charge is 0.348 e. The van der Waals surface area contributed by atoms with E-state index < -0.39 is 5.97 Å². The number of halogens is 1. The van der Waals surface area contributed by atoms with Crippen LogP contribution in [0.5, 0.6) is 0 Å². The van der Waals surface area contributed by atoms with Crippen molar-refractivity contribution in [2.75, 3.05) is 5.32 Å². The standard InChI is InChI=1S/C19H18BrN3O4S/c1-10(2)27-19(26)16-11(3)15-17(28-16)21-9-23(18(15)25)8-14(24)22-13-7-5-4-6-12(13)20/h4-7,9-10H,8H2,1-3H3,(H,22,24). The van der Waals surface area contributed by atoms with Gasteiger partial charge in [-0.25, -0.2) is 9.78 Å². The monoisotopic (exact) mass is 463 g/mol. The molecule has 3 aromatic rings. The third-order valence-electron chi connectivity index (χ3n) is 3.91. The van der Waals surface area contributed by atoms with Crippen LogP contribution in [-0.2, 0) is 16.1 Å². The summed E-state index contributed by atoms with van der Waals surface area (Å²) in [6.45, 7) is 5.01. The van der Waals surface area contributed by atoms with Gasteiger partial charge in [-0.15, -0.1) is 11.3 Å². The van der Waals surface area contributed by atoms with Gasteiger partial charge in [-0.2, -0.15) is 0 Å². The molecule has 0 fully saturated rings. The van der Waals surface area contributed by atoms with Crippen molar-refractivity contribution in [2.24, 2.45) is 0 Å². The van der Waals surface area contributed by atoms with Gasteiger partial charge in [0.05, 0.1) is 23.5 Å². The van der Waals surface area contributed by atoms with E-state index in [-0.39, 0.29) is 24.1 Å². The van der Waals surface area contributed by atoms with Crippen molar-refractivity contribution >= 4 is 55.0 Å². The maximum absolute atomic E-state index is 12.9. The highest BCUT2D eigenvalue weighted by molar-refractivity contribution is 9.10. The normalized spacial score (nSPS) is 11.0. The molecule has 146 valence electrons. The van der Waals surface area contributed by atoms with Gasteiger partial charge in [0.2, 0.25) is 5.91 Å². The average Bonchev–Trinajstić information content (AvgIpc) is 2.96. The number of esters is 1. The molecule has 2 aromatic heterocycles. The van der Waals surface area contributed by atoms with Crippen LogP contribution < -0.4 is 10.9 Å². The number of thiophene rings is 1. The van der Waals surface area contributed by atoms with Crippen LogP contribution in [0.1, 0.15) is 29.1 Å². The van der Waals surface area contributed by atoms with Crippen molar-refractivity contribution in [3.05, 3.63) is 55.9 Å². The summed E-state index contributed by atoms with van der Waals surface area (Å²) in [5.74, 6) is -0.837. The Morgan fingerprint density at radius 3 is 2.71 bits per heavy atom. The highest BCUT2D eigenvalue weighted by Crippen LogP contribution is 2.27. The molecule has 0 aliphatic rings. The molecule has 0 radical (unpaired) electrons. The molecule has 0 aliphatic carbocycles. The maximum Gasteiger partial charge on any atom is 0.348 e. The van der Waals surface area contributed by atoms with Crippen molar-refractivity contribution in [3.63, 3.8) is 0 Å². The Bertz CT molecular complexity index is 1120. The van der Waals surface area contributed by atoms with Gasteiger partial charge in [0, 0.05) is 4.47 Å². The first kappa shape index (κ1) is 20.2. The Morgan fingerprint density at radius 2 is 2.04 bits per heavy atom. The second kappa shape index (κ2) is 8.24. The van der Waals surface area contributed by atoms with E-state index in [0.29, 0.717) is 26.3 Å². The Balaban J connectivity index is 1.89. The molecular weight excluding hydrogens is 446 g/mol. The molecule has 7 nitrogen and oxygen atoms in total. The topological polar surface area (TPSA) is 90.3 Å². The largest absolute Gasteiger partial charge is 0.459 e. The van der Waals surface area contributed by atoms with Crippen LogP contribution in [0.3, 0.4) is 0 Å². The first-order valence-corrected chi connectivity index (χ1v) is 10.1. The van der Waals surface area contributed by atoms with Gasteiger partial charge < -0.3 is 10.1 Å². The first-order valence-electron chi connectivity index (χ1n) is 8.51. The molecule has 0 saturated carbocycles. The van der Waals surface area contributed by atoms with Crippen LogP contribution in [0.25, 0.3) is 10.2 Å². The number of carbonyl (C=O) groups excluding carboxylic acids is 2. The lowest BCUT2D eigenvalue weighted by molar-refractivity contribution is -0.116. The molecule has 9 heteroatoms. The van der Waals surface area contributed by atoms with Gasteiger partial charge in [0.15, 0.2) is 0 Å². The maximum atomic E-state index is 12.9. The third-order valence-corrected chi connectivity index (χ3v) is 5.78. The van der Waals surface area contributed by atoms with Gasteiger partial charge in [-0.1, -0.05) is 12.1 Å². The van der Waals surface area contributed by atoms with Gasteiger partial charge in [0.1, 0.15) is 16.3 Å². The summed E-state index contributed by atoms with van der Waals surface area (Å²) in [6, 6.07) is 7.19. The zero-order valence-electron chi connectivity index (χ0n) is 15.5. The Hall–Kier alpha value is -2.52. The van der Waals surface area contributed by atoms with E-state index >= 15 is 0 Å². The van der Waals surface area contributed by atoms with Crippen LogP contribution in [0.2, 0.25) is 0 Å². The van der Waals surface area contributed by atoms with Crippen LogP contribution in [-0.4, -0.2) is 27.5 Å².